The molecule has 1 heterocycles. The average molecular weight is 530 g/mol. The van der Waals surface area contributed by atoms with Gasteiger partial charge in [-0.15, -0.1) is 0 Å². The average Bonchev–Trinajstić information content (AvgIpc) is 3.11. The summed E-state index contributed by atoms with van der Waals surface area (Å²) in [5, 5.41) is 3.99. The first-order valence-electron chi connectivity index (χ1n) is 9.61. The summed E-state index contributed by atoms with van der Waals surface area (Å²) in [5.41, 5.74) is 2.52. The number of ether oxygens (including phenoxy) is 2. The van der Waals surface area contributed by atoms with Crippen molar-refractivity contribution < 1.29 is 14.3 Å². The van der Waals surface area contributed by atoms with Gasteiger partial charge in [-0.3, -0.25) is 4.79 Å². The number of nitrogens with zero attached hydrogens (tertiary/aromatic N) is 1. The Labute approximate surface area is 203 Å². The highest BCUT2D eigenvalue weighted by Crippen LogP contribution is 2.39. The molecule has 1 saturated heterocycles. The number of amides is 1. The number of carbonyl (C=O) groups excluding carboxylic acids is 1. The molecule has 0 spiro atoms. The van der Waals surface area contributed by atoms with Crippen LogP contribution in [0.4, 0.5) is 5.69 Å². The zero-order valence-corrected chi connectivity index (χ0v) is 20.1. The maximum atomic E-state index is 12.4. The molecule has 3 aromatic rings. The van der Waals surface area contributed by atoms with E-state index in [4.69, 9.17) is 21.1 Å². The lowest BCUT2D eigenvalue weighted by atomic mass is 10.2. The van der Waals surface area contributed by atoms with Crippen LogP contribution in [-0.4, -0.2) is 18.2 Å². The van der Waals surface area contributed by atoms with Crippen LogP contribution >= 0.6 is 39.3 Å². The minimum absolute atomic E-state index is 0.193. The van der Waals surface area contributed by atoms with E-state index in [2.05, 4.69) is 26.2 Å². The van der Waals surface area contributed by atoms with E-state index >= 15 is 0 Å². The van der Waals surface area contributed by atoms with Gasteiger partial charge in [-0.25, -0.2) is 4.99 Å². The fourth-order valence-corrected chi connectivity index (χ4v) is 4.63. The third kappa shape index (κ3) is 5.54. The molecule has 1 aliphatic heterocycles. The molecule has 1 aliphatic rings. The standard InChI is InChI=1S/C24H18BrClN2O3S/c1-30-20-12-16(11-19(25)22(20)31-14-15-6-5-7-17(26)10-15)13-21-23(29)28-24(32-21)27-18-8-3-2-4-9-18/h2-13H,14H2,1H3,(H,27,28,29)/b21-13-. The Morgan fingerprint density at radius 3 is 2.69 bits per heavy atom. The van der Waals surface area contributed by atoms with Crippen molar-refractivity contribution >= 4 is 62.1 Å². The molecule has 0 radical (unpaired) electrons. The first-order valence-corrected chi connectivity index (χ1v) is 11.6. The molecule has 162 valence electrons. The summed E-state index contributed by atoms with van der Waals surface area (Å²) in [6.45, 7) is 0.341. The lowest BCUT2D eigenvalue weighted by Crippen LogP contribution is -2.19. The van der Waals surface area contributed by atoms with Gasteiger partial charge < -0.3 is 14.8 Å². The van der Waals surface area contributed by atoms with Gasteiger partial charge >= 0.3 is 0 Å². The summed E-state index contributed by atoms with van der Waals surface area (Å²) >= 11 is 10.9. The molecule has 4 rings (SSSR count). The van der Waals surface area contributed by atoms with Crippen molar-refractivity contribution in [3.63, 3.8) is 0 Å². The number of hydrogen-bond donors (Lipinski definition) is 1. The number of halogens is 2. The maximum absolute atomic E-state index is 12.4. The van der Waals surface area contributed by atoms with Gasteiger partial charge in [0, 0.05) is 5.02 Å². The third-order valence-electron chi connectivity index (χ3n) is 4.46. The summed E-state index contributed by atoms with van der Waals surface area (Å²) in [5.74, 6) is 0.931. The lowest BCUT2D eigenvalue weighted by Gasteiger charge is -2.14. The molecule has 32 heavy (non-hydrogen) atoms. The Balaban J connectivity index is 1.54. The molecule has 0 bridgehead atoms. The van der Waals surface area contributed by atoms with Crippen LogP contribution in [0.5, 0.6) is 11.5 Å². The van der Waals surface area contributed by atoms with Crippen LogP contribution in [0.25, 0.3) is 6.08 Å². The molecule has 0 aromatic heterocycles. The molecule has 0 aliphatic carbocycles. The number of benzene rings is 3. The number of methoxy groups -OCH3 is 1. The fraction of sp³-hybridized carbons (Fsp3) is 0.0833. The van der Waals surface area contributed by atoms with Crippen LogP contribution in [0.2, 0.25) is 5.02 Å². The van der Waals surface area contributed by atoms with Crippen LogP contribution in [0.1, 0.15) is 11.1 Å². The van der Waals surface area contributed by atoms with Gasteiger partial charge in [0.05, 0.1) is 22.2 Å². The summed E-state index contributed by atoms with van der Waals surface area (Å²) in [4.78, 5) is 17.4. The Morgan fingerprint density at radius 2 is 1.94 bits per heavy atom. The number of nitrogens with one attached hydrogen (secondary N) is 1. The van der Waals surface area contributed by atoms with E-state index in [0.717, 1.165) is 16.8 Å². The number of thioether (sulfide) groups is 1. The normalized spacial score (nSPS) is 15.8. The second-order valence-corrected chi connectivity index (χ2v) is 9.09. The molecule has 1 fully saturated rings. The second kappa shape index (κ2) is 10.3. The maximum Gasteiger partial charge on any atom is 0.264 e. The van der Waals surface area contributed by atoms with Crippen molar-refractivity contribution in [3.05, 3.63) is 92.3 Å². The summed E-state index contributed by atoms with van der Waals surface area (Å²) in [6.07, 6.45) is 1.79. The smallest absolute Gasteiger partial charge is 0.264 e. The van der Waals surface area contributed by atoms with Gasteiger partial charge in [0.1, 0.15) is 6.61 Å². The van der Waals surface area contributed by atoms with E-state index < -0.39 is 0 Å². The fourth-order valence-electron chi connectivity index (χ4n) is 3.00. The molecular weight excluding hydrogens is 512 g/mol. The van der Waals surface area contributed by atoms with Gasteiger partial charge in [-0.05, 0) is 81.3 Å². The number of amidine groups is 1. The largest absolute Gasteiger partial charge is 0.493 e. The molecule has 0 unspecified atom stereocenters. The predicted molar refractivity (Wildman–Crippen MR) is 134 cm³/mol. The number of para-hydroxylation sites is 1. The van der Waals surface area contributed by atoms with Crippen molar-refractivity contribution in [1.29, 1.82) is 0 Å². The monoisotopic (exact) mass is 528 g/mol. The predicted octanol–water partition coefficient (Wildman–Crippen LogP) is 6.58. The third-order valence-corrected chi connectivity index (χ3v) is 6.19. The SMILES string of the molecule is COc1cc(/C=C2\SC(=Nc3ccccc3)NC2=O)cc(Br)c1OCc1cccc(Cl)c1. The minimum Gasteiger partial charge on any atom is -0.493 e. The van der Waals surface area contributed by atoms with Gasteiger partial charge in [-0.2, -0.15) is 0 Å². The summed E-state index contributed by atoms with van der Waals surface area (Å²) in [7, 11) is 1.58. The van der Waals surface area contributed by atoms with Gasteiger partial charge in [0.15, 0.2) is 16.7 Å². The Hall–Kier alpha value is -2.74. The highest BCUT2D eigenvalue weighted by molar-refractivity contribution is 9.10. The molecular formula is C24H18BrClN2O3S. The number of carbonyl (C=O) groups is 1. The van der Waals surface area contributed by atoms with E-state index in [-0.39, 0.29) is 5.91 Å². The van der Waals surface area contributed by atoms with Gasteiger partial charge in [0.25, 0.3) is 5.91 Å². The van der Waals surface area contributed by atoms with Gasteiger partial charge in [-0.1, -0.05) is 41.9 Å². The minimum atomic E-state index is -0.193. The molecule has 1 N–H and O–H groups in total. The number of aliphatic imine (C=N–C) groups is 1. The van der Waals surface area contributed by atoms with Crippen molar-refractivity contribution in [2.24, 2.45) is 4.99 Å². The zero-order valence-electron chi connectivity index (χ0n) is 17.0. The van der Waals surface area contributed by atoms with Crippen molar-refractivity contribution in [3.8, 4) is 11.5 Å². The Kier molecular flexibility index (Phi) is 7.19. The highest BCUT2D eigenvalue weighted by Gasteiger charge is 2.24. The number of rotatable bonds is 6. The zero-order chi connectivity index (χ0) is 22.5. The van der Waals surface area contributed by atoms with E-state index in [1.165, 1.54) is 11.8 Å². The Bertz CT molecular complexity index is 1220. The van der Waals surface area contributed by atoms with Crippen LogP contribution in [0, 0.1) is 0 Å². The van der Waals surface area contributed by atoms with Crippen molar-refractivity contribution in [2.45, 2.75) is 6.61 Å². The second-order valence-electron chi connectivity index (χ2n) is 6.77. The van der Waals surface area contributed by atoms with Crippen LogP contribution in [-0.2, 0) is 11.4 Å². The quantitative estimate of drug-likeness (QED) is 0.366. The highest BCUT2D eigenvalue weighted by atomic mass is 79.9. The van der Waals surface area contributed by atoms with Crippen LogP contribution in [0.15, 0.2) is 81.1 Å². The first kappa shape index (κ1) is 22.5. The lowest BCUT2D eigenvalue weighted by molar-refractivity contribution is -0.115. The molecule has 0 saturated carbocycles. The van der Waals surface area contributed by atoms with Gasteiger partial charge in [0.2, 0.25) is 0 Å². The van der Waals surface area contributed by atoms with Crippen molar-refractivity contribution in [1.82, 2.24) is 5.32 Å². The molecule has 3 aromatic carbocycles. The topological polar surface area (TPSA) is 59.9 Å². The molecule has 5 nitrogen and oxygen atoms in total. The van der Waals surface area contributed by atoms with E-state index in [1.54, 1.807) is 13.2 Å². The van der Waals surface area contributed by atoms with Crippen LogP contribution < -0.4 is 14.8 Å². The molecule has 8 heteroatoms. The van der Waals surface area contributed by atoms with Crippen LogP contribution in [0.3, 0.4) is 0 Å². The Morgan fingerprint density at radius 1 is 1.12 bits per heavy atom. The van der Waals surface area contributed by atoms with Crippen molar-refractivity contribution in [2.75, 3.05) is 7.11 Å². The first-order chi connectivity index (χ1) is 15.5. The summed E-state index contributed by atoms with van der Waals surface area (Å²) < 4.78 is 12.2. The van der Waals surface area contributed by atoms with E-state index in [9.17, 15) is 4.79 Å². The molecule has 1 amide bonds. The molecule has 0 atom stereocenters. The van der Waals surface area contributed by atoms with E-state index in [0.29, 0.717) is 37.7 Å². The van der Waals surface area contributed by atoms with E-state index in [1.807, 2.05) is 66.7 Å². The number of hydrogen-bond acceptors (Lipinski definition) is 5. The summed E-state index contributed by atoms with van der Waals surface area (Å²) in [6, 6.07) is 20.7.